The molecule has 0 radical (unpaired) electrons. The highest BCUT2D eigenvalue weighted by Crippen LogP contribution is 2.23. The van der Waals surface area contributed by atoms with Crippen LogP contribution in [0.25, 0.3) is 0 Å². The second kappa shape index (κ2) is 6.26. The van der Waals surface area contributed by atoms with E-state index >= 15 is 0 Å². The van der Waals surface area contributed by atoms with Gasteiger partial charge in [0.1, 0.15) is 5.75 Å². The summed E-state index contributed by atoms with van der Waals surface area (Å²) >= 11 is 3.31. The summed E-state index contributed by atoms with van der Waals surface area (Å²) in [6.45, 7) is -0.713. The first-order chi connectivity index (χ1) is 7.92. The Balaban J connectivity index is 2.48. The van der Waals surface area contributed by atoms with Crippen molar-refractivity contribution in [2.75, 3.05) is 20.2 Å². The Morgan fingerprint density at radius 1 is 1.35 bits per heavy atom. The van der Waals surface area contributed by atoms with Crippen molar-refractivity contribution in [2.45, 2.75) is 12.6 Å². The average molecular weight is 312 g/mol. The zero-order valence-corrected chi connectivity index (χ0v) is 10.9. The molecule has 0 bridgehead atoms. The Bertz CT molecular complexity index is 368. The van der Waals surface area contributed by atoms with Crippen molar-refractivity contribution in [3.05, 3.63) is 28.2 Å². The van der Waals surface area contributed by atoms with Crippen LogP contribution in [0.15, 0.2) is 22.7 Å². The molecule has 1 aromatic rings. The van der Waals surface area contributed by atoms with Crippen molar-refractivity contribution in [1.29, 1.82) is 0 Å². The molecule has 0 saturated carbocycles. The van der Waals surface area contributed by atoms with Gasteiger partial charge < -0.3 is 10.1 Å². The molecule has 1 rings (SSSR count). The molecule has 0 spiro atoms. The summed E-state index contributed by atoms with van der Waals surface area (Å²) in [5, 5.41) is 2.35. The molecule has 0 saturated heterocycles. The number of ether oxygens (including phenoxy) is 1. The maximum atomic E-state index is 11.9. The van der Waals surface area contributed by atoms with Gasteiger partial charge in [0, 0.05) is 4.47 Å². The van der Waals surface area contributed by atoms with E-state index in [0.29, 0.717) is 12.2 Å². The van der Waals surface area contributed by atoms with Gasteiger partial charge in [-0.3, -0.25) is 0 Å². The van der Waals surface area contributed by atoms with Crippen LogP contribution in [0.3, 0.4) is 0 Å². The van der Waals surface area contributed by atoms with E-state index in [9.17, 15) is 13.2 Å². The van der Waals surface area contributed by atoms with Crippen molar-refractivity contribution in [1.82, 2.24) is 5.32 Å². The zero-order valence-electron chi connectivity index (χ0n) is 9.27. The number of nitrogens with one attached hydrogen (secondary N) is 1. The van der Waals surface area contributed by atoms with Crippen LogP contribution in [0.5, 0.6) is 5.75 Å². The fraction of sp³-hybridized carbons (Fsp3) is 0.455. The van der Waals surface area contributed by atoms with E-state index in [1.165, 1.54) is 7.11 Å². The van der Waals surface area contributed by atoms with E-state index in [1.807, 2.05) is 12.1 Å². The molecule has 0 aliphatic carbocycles. The van der Waals surface area contributed by atoms with Crippen LogP contribution < -0.4 is 10.1 Å². The normalized spacial score (nSPS) is 11.6. The molecule has 0 heterocycles. The molecule has 0 aromatic heterocycles. The highest BCUT2D eigenvalue weighted by atomic mass is 79.9. The lowest BCUT2D eigenvalue weighted by Gasteiger charge is -2.11. The summed E-state index contributed by atoms with van der Waals surface area (Å²) in [5.74, 6) is 0.682. The third-order valence-corrected chi connectivity index (χ3v) is 2.63. The van der Waals surface area contributed by atoms with E-state index in [-0.39, 0.29) is 6.54 Å². The largest absolute Gasteiger partial charge is 0.496 e. The predicted octanol–water partition coefficient (Wildman–Crippen LogP) is 3.15. The molecule has 2 nitrogen and oxygen atoms in total. The van der Waals surface area contributed by atoms with Crippen LogP contribution in [0.4, 0.5) is 13.2 Å². The van der Waals surface area contributed by atoms with Crippen molar-refractivity contribution in [3.8, 4) is 5.75 Å². The van der Waals surface area contributed by atoms with Crippen molar-refractivity contribution in [2.24, 2.45) is 0 Å². The quantitative estimate of drug-likeness (QED) is 0.843. The van der Waals surface area contributed by atoms with E-state index < -0.39 is 12.7 Å². The lowest BCUT2D eigenvalue weighted by Crippen LogP contribution is -2.30. The van der Waals surface area contributed by atoms with E-state index in [2.05, 4.69) is 21.2 Å². The summed E-state index contributed by atoms with van der Waals surface area (Å²) in [4.78, 5) is 0. The molecule has 0 atom stereocenters. The number of hydrogen-bond donors (Lipinski definition) is 1. The number of rotatable bonds is 5. The summed E-state index contributed by atoms with van der Waals surface area (Å²) in [6, 6.07) is 5.45. The maximum Gasteiger partial charge on any atom is 0.401 e. The molecular formula is C11H13BrF3NO. The van der Waals surface area contributed by atoms with Crippen molar-refractivity contribution < 1.29 is 17.9 Å². The molecular weight excluding hydrogens is 299 g/mol. The minimum atomic E-state index is -4.17. The lowest BCUT2D eigenvalue weighted by molar-refractivity contribution is -0.124. The predicted molar refractivity (Wildman–Crippen MR) is 63.3 cm³/mol. The van der Waals surface area contributed by atoms with Gasteiger partial charge in [0.05, 0.1) is 13.7 Å². The van der Waals surface area contributed by atoms with Crippen LogP contribution in [0.1, 0.15) is 5.56 Å². The molecule has 0 amide bonds. The Morgan fingerprint density at radius 2 is 2.06 bits per heavy atom. The first-order valence-electron chi connectivity index (χ1n) is 5.02. The highest BCUT2D eigenvalue weighted by molar-refractivity contribution is 9.10. The monoisotopic (exact) mass is 311 g/mol. The number of hydrogen-bond acceptors (Lipinski definition) is 2. The average Bonchev–Trinajstić information content (AvgIpc) is 2.23. The third kappa shape index (κ3) is 5.41. The Hall–Kier alpha value is -0.750. The minimum Gasteiger partial charge on any atom is -0.496 e. The van der Waals surface area contributed by atoms with Gasteiger partial charge in [0.15, 0.2) is 0 Å². The maximum absolute atomic E-state index is 11.9. The molecule has 1 aromatic carbocycles. The molecule has 96 valence electrons. The third-order valence-electron chi connectivity index (χ3n) is 2.14. The van der Waals surface area contributed by atoms with Gasteiger partial charge in [-0.15, -0.1) is 0 Å². The summed E-state index contributed by atoms with van der Waals surface area (Å²) in [5.41, 5.74) is 0.872. The Labute approximate surface area is 106 Å². The highest BCUT2D eigenvalue weighted by Gasteiger charge is 2.25. The number of halogens is 4. The molecule has 6 heteroatoms. The second-order valence-corrected chi connectivity index (χ2v) is 4.41. The SMILES string of the molecule is COc1ccc(Br)cc1CCNCC(F)(F)F. The van der Waals surface area contributed by atoms with Crippen LogP contribution in [0.2, 0.25) is 0 Å². The smallest absolute Gasteiger partial charge is 0.401 e. The standard InChI is InChI=1S/C11H13BrF3NO/c1-17-10-3-2-9(12)6-8(10)4-5-16-7-11(13,14)15/h2-3,6,16H,4-5,7H2,1H3. The summed E-state index contributed by atoms with van der Waals surface area (Å²) in [6.07, 6.45) is -3.68. The van der Waals surface area contributed by atoms with Gasteiger partial charge in [-0.1, -0.05) is 15.9 Å². The number of alkyl halides is 3. The zero-order chi connectivity index (χ0) is 12.9. The molecule has 0 aliphatic heterocycles. The lowest BCUT2D eigenvalue weighted by atomic mass is 10.1. The van der Waals surface area contributed by atoms with Crippen molar-refractivity contribution in [3.63, 3.8) is 0 Å². The fourth-order valence-corrected chi connectivity index (χ4v) is 1.80. The van der Waals surface area contributed by atoms with Crippen LogP contribution in [0, 0.1) is 0 Å². The first-order valence-corrected chi connectivity index (χ1v) is 5.81. The molecule has 0 fully saturated rings. The minimum absolute atomic E-state index is 0.256. The number of methoxy groups -OCH3 is 1. The van der Waals surface area contributed by atoms with Crippen molar-refractivity contribution >= 4 is 15.9 Å². The second-order valence-electron chi connectivity index (χ2n) is 3.50. The Kier molecular flexibility index (Phi) is 5.27. The van der Waals surface area contributed by atoms with Gasteiger partial charge in [-0.05, 0) is 36.7 Å². The molecule has 1 N–H and O–H groups in total. The first kappa shape index (κ1) is 14.3. The van der Waals surface area contributed by atoms with Gasteiger partial charge in [0.25, 0.3) is 0 Å². The van der Waals surface area contributed by atoms with Crippen LogP contribution in [-0.2, 0) is 6.42 Å². The van der Waals surface area contributed by atoms with E-state index in [4.69, 9.17) is 4.74 Å². The van der Waals surface area contributed by atoms with Gasteiger partial charge in [0.2, 0.25) is 0 Å². The number of benzene rings is 1. The summed E-state index contributed by atoms with van der Waals surface area (Å²) < 4.78 is 41.7. The van der Waals surface area contributed by atoms with E-state index in [0.717, 1.165) is 10.0 Å². The molecule has 0 aliphatic rings. The van der Waals surface area contributed by atoms with Gasteiger partial charge in [-0.25, -0.2) is 0 Å². The van der Waals surface area contributed by atoms with Gasteiger partial charge in [-0.2, -0.15) is 13.2 Å². The van der Waals surface area contributed by atoms with E-state index in [1.54, 1.807) is 6.07 Å². The summed E-state index contributed by atoms with van der Waals surface area (Å²) in [7, 11) is 1.54. The van der Waals surface area contributed by atoms with Crippen LogP contribution >= 0.6 is 15.9 Å². The van der Waals surface area contributed by atoms with Gasteiger partial charge >= 0.3 is 6.18 Å². The molecule has 17 heavy (non-hydrogen) atoms. The molecule has 0 unspecified atom stereocenters. The topological polar surface area (TPSA) is 21.3 Å². The van der Waals surface area contributed by atoms with Crippen LogP contribution in [-0.4, -0.2) is 26.4 Å². The Morgan fingerprint density at radius 3 is 2.65 bits per heavy atom. The fourth-order valence-electron chi connectivity index (χ4n) is 1.40.